The van der Waals surface area contributed by atoms with Gasteiger partial charge >= 0.3 is 0 Å². The first kappa shape index (κ1) is 27.9. The molecule has 1 aromatic heterocycles. The predicted octanol–water partition coefficient (Wildman–Crippen LogP) is 11.5. The van der Waals surface area contributed by atoms with Gasteiger partial charge in [0.05, 0.1) is 16.6 Å². The van der Waals surface area contributed by atoms with E-state index in [-0.39, 0.29) is 5.37 Å². The lowest BCUT2D eigenvalue weighted by Gasteiger charge is -2.30. The lowest BCUT2D eigenvalue weighted by molar-refractivity contribution is 0.794. The first-order valence-electron chi connectivity index (χ1n) is 17.1. The van der Waals surface area contributed by atoms with Gasteiger partial charge in [-0.25, -0.2) is 9.97 Å². The standard InChI is InChI=1S/C46H29N3S/c1-5-17-35-30(12-1)31-13-2-6-18-36(31)46(35)37-19-7-3-14-32(37)42-34(16-11-20-38(42)46)44-47-39-21-8-4-15-33(39)43(49-44)28-24-26-29(27-25-28)45-48-40-22-9-10-23-41(40)50-45/h1-27,45,48H. The van der Waals surface area contributed by atoms with Gasteiger partial charge in [0.15, 0.2) is 5.82 Å². The molecule has 8 aromatic rings. The molecule has 0 amide bonds. The minimum absolute atomic E-state index is 0.185. The summed E-state index contributed by atoms with van der Waals surface area (Å²) in [6.45, 7) is 0. The lowest BCUT2D eigenvalue weighted by atomic mass is 9.70. The Morgan fingerprint density at radius 3 is 1.86 bits per heavy atom. The molecular formula is C46H29N3S. The molecule has 1 aliphatic heterocycles. The molecule has 3 nitrogen and oxygen atoms in total. The lowest BCUT2D eigenvalue weighted by Crippen LogP contribution is -2.25. The van der Waals surface area contributed by atoms with E-state index in [4.69, 9.17) is 9.97 Å². The van der Waals surface area contributed by atoms with Gasteiger partial charge in [0.2, 0.25) is 0 Å². The molecule has 1 atom stereocenters. The third-order valence-electron chi connectivity index (χ3n) is 10.8. The number of nitrogens with one attached hydrogen (secondary N) is 1. The SMILES string of the molecule is c1ccc2c(c1)NC(c1ccc(-c3nc(-c4cccc5c4-c4ccccc4C54c5ccccc5-c5ccccc54)nc4ccccc34)cc1)S2. The number of hydrogen-bond donors (Lipinski definition) is 1. The van der Waals surface area contributed by atoms with Crippen molar-refractivity contribution in [3.05, 3.63) is 192 Å². The molecule has 2 heterocycles. The van der Waals surface area contributed by atoms with Crippen LogP contribution in [0.15, 0.2) is 169 Å². The van der Waals surface area contributed by atoms with Gasteiger partial charge in [-0.05, 0) is 68.3 Å². The fourth-order valence-electron chi connectivity index (χ4n) is 8.70. The van der Waals surface area contributed by atoms with E-state index in [9.17, 15) is 0 Å². The van der Waals surface area contributed by atoms with Crippen LogP contribution in [0.4, 0.5) is 5.69 Å². The molecular weight excluding hydrogens is 627 g/mol. The summed E-state index contributed by atoms with van der Waals surface area (Å²) >= 11 is 1.86. The van der Waals surface area contributed by atoms with Gasteiger partial charge in [-0.15, -0.1) is 0 Å². The van der Waals surface area contributed by atoms with Crippen LogP contribution in [0.3, 0.4) is 0 Å². The van der Waals surface area contributed by atoms with E-state index in [1.54, 1.807) is 0 Å². The van der Waals surface area contributed by atoms with Crippen molar-refractivity contribution >= 4 is 28.4 Å². The third kappa shape index (κ3) is 3.77. The molecule has 0 bridgehead atoms. The number of anilines is 1. The minimum atomic E-state index is -0.406. The fourth-order valence-corrected chi connectivity index (χ4v) is 9.84. The Hall–Kier alpha value is -5.97. The number of rotatable bonds is 3. The van der Waals surface area contributed by atoms with Gasteiger partial charge in [-0.2, -0.15) is 0 Å². The third-order valence-corrected chi connectivity index (χ3v) is 12.0. The zero-order valence-electron chi connectivity index (χ0n) is 27.0. The molecule has 7 aromatic carbocycles. The zero-order valence-corrected chi connectivity index (χ0v) is 27.8. The second kappa shape index (κ2) is 10.5. The molecule has 3 aliphatic rings. The van der Waals surface area contributed by atoms with Crippen molar-refractivity contribution in [2.75, 3.05) is 5.32 Å². The predicted molar refractivity (Wildman–Crippen MR) is 205 cm³/mol. The molecule has 2 aliphatic carbocycles. The van der Waals surface area contributed by atoms with E-state index in [1.165, 1.54) is 60.7 Å². The molecule has 1 spiro atoms. The molecule has 50 heavy (non-hydrogen) atoms. The average molecular weight is 656 g/mol. The largest absolute Gasteiger partial charge is 0.368 e. The number of benzene rings is 7. The molecule has 1 unspecified atom stereocenters. The highest BCUT2D eigenvalue weighted by Crippen LogP contribution is 2.63. The maximum Gasteiger partial charge on any atom is 0.161 e. The van der Waals surface area contributed by atoms with Crippen LogP contribution in [-0.4, -0.2) is 9.97 Å². The van der Waals surface area contributed by atoms with Gasteiger partial charge in [0.25, 0.3) is 0 Å². The molecule has 0 saturated carbocycles. The Kier molecular flexibility index (Phi) is 5.87. The molecule has 0 saturated heterocycles. The van der Waals surface area contributed by atoms with Crippen LogP contribution in [0.5, 0.6) is 0 Å². The van der Waals surface area contributed by atoms with E-state index in [0.717, 1.165) is 33.5 Å². The zero-order chi connectivity index (χ0) is 32.8. The molecule has 0 radical (unpaired) electrons. The number of nitrogens with zero attached hydrogens (tertiary/aromatic N) is 2. The molecule has 0 fully saturated rings. The van der Waals surface area contributed by atoms with Gasteiger partial charge in [0, 0.05) is 27.1 Å². The number of para-hydroxylation sites is 2. The topological polar surface area (TPSA) is 37.8 Å². The van der Waals surface area contributed by atoms with E-state index in [2.05, 4.69) is 169 Å². The van der Waals surface area contributed by atoms with Crippen molar-refractivity contribution < 1.29 is 0 Å². The monoisotopic (exact) mass is 655 g/mol. The Morgan fingerprint density at radius 2 is 1.10 bits per heavy atom. The van der Waals surface area contributed by atoms with Crippen molar-refractivity contribution in [2.24, 2.45) is 0 Å². The van der Waals surface area contributed by atoms with Crippen LogP contribution in [-0.2, 0) is 5.41 Å². The Morgan fingerprint density at radius 1 is 0.500 bits per heavy atom. The summed E-state index contributed by atoms with van der Waals surface area (Å²) in [6, 6.07) is 59.4. The summed E-state index contributed by atoms with van der Waals surface area (Å²) in [7, 11) is 0. The van der Waals surface area contributed by atoms with Crippen molar-refractivity contribution in [2.45, 2.75) is 15.7 Å². The van der Waals surface area contributed by atoms with Crippen LogP contribution in [0.1, 0.15) is 33.2 Å². The average Bonchev–Trinajstić information content (AvgIpc) is 3.85. The quantitative estimate of drug-likeness (QED) is 0.206. The molecule has 234 valence electrons. The van der Waals surface area contributed by atoms with Crippen LogP contribution in [0.2, 0.25) is 0 Å². The van der Waals surface area contributed by atoms with Crippen LogP contribution >= 0.6 is 11.8 Å². The van der Waals surface area contributed by atoms with E-state index in [0.29, 0.717) is 0 Å². The van der Waals surface area contributed by atoms with Crippen molar-refractivity contribution in [1.82, 2.24) is 9.97 Å². The highest BCUT2D eigenvalue weighted by Gasteiger charge is 2.52. The number of hydrogen-bond acceptors (Lipinski definition) is 4. The Labute approximate surface area is 294 Å². The minimum Gasteiger partial charge on any atom is -0.368 e. The first-order valence-corrected chi connectivity index (χ1v) is 18.0. The maximum absolute atomic E-state index is 5.42. The first-order chi connectivity index (χ1) is 24.8. The summed E-state index contributed by atoms with van der Waals surface area (Å²) in [6.07, 6.45) is 0. The number of aromatic nitrogens is 2. The van der Waals surface area contributed by atoms with Gasteiger partial charge in [-0.3, -0.25) is 0 Å². The molecule has 11 rings (SSSR count). The second-order valence-electron chi connectivity index (χ2n) is 13.3. The smallest absolute Gasteiger partial charge is 0.161 e. The number of thioether (sulfide) groups is 1. The van der Waals surface area contributed by atoms with Crippen molar-refractivity contribution in [3.8, 4) is 44.9 Å². The summed E-state index contributed by atoms with van der Waals surface area (Å²) in [5, 5.41) is 4.91. The van der Waals surface area contributed by atoms with Crippen LogP contribution in [0, 0.1) is 0 Å². The Balaban J connectivity index is 1.10. The second-order valence-corrected chi connectivity index (χ2v) is 14.4. The highest BCUT2D eigenvalue weighted by atomic mass is 32.2. The Bertz CT molecular complexity index is 2610. The normalized spacial score (nSPS) is 15.6. The van der Waals surface area contributed by atoms with E-state index in [1.807, 2.05) is 11.8 Å². The molecule has 4 heteroatoms. The van der Waals surface area contributed by atoms with Gasteiger partial charge < -0.3 is 5.32 Å². The van der Waals surface area contributed by atoms with Gasteiger partial charge in [-0.1, -0.05) is 157 Å². The van der Waals surface area contributed by atoms with Crippen molar-refractivity contribution in [1.29, 1.82) is 0 Å². The van der Waals surface area contributed by atoms with E-state index >= 15 is 0 Å². The van der Waals surface area contributed by atoms with Crippen molar-refractivity contribution in [3.63, 3.8) is 0 Å². The number of fused-ring (bicyclic) bond motifs is 12. The summed E-state index contributed by atoms with van der Waals surface area (Å²) < 4.78 is 0. The summed E-state index contributed by atoms with van der Waals surface area (Å²) in [5.74, 6) is 0.745. The van der Waals surface area contributed by atoms with Gasteiger partial charge in [0.1, 0.15) is 5.37 Å². The fraction of sp³-hybridized carbons (Fsp3) is 0.0435. The van der Waals surface area contributed by atoms with Crippen LogP contribution < -0.4 is 5.32 Å². The summed E-state index contributed by atoms with van der Waals surface area (Å²) in [5.41, 5.74) is 16.4. The van der Waals surface area contributed by atoms with Crippen LogP contribution in [0.25, 0.3) is 55.8 Å². The highest BCUT2D eigenvalue weighted by molar-refractivity contribution is 8.00. The molecule has 1 N–H and O–H groups in total. The van der Waals surface area contributed by atoms with E-state index < -0.39 is 5.41 Å². The summed E-state index contributed by atoms with van der Waals surface area (Å²) in [4.78, 5) is 12.0. The maximum atomic E-state index is 5.42.